The van der Waals surface area contributed by atoms with Gasteiger partial charge in [0.05, 0.1) is 5.75 Å². The van der Waals surface area contributed by atoms with Crippen LogP contribution < -0.4 is 0 Å². The summed E-state index contributed by atoms with van der Waals surface area (Å²) in [5.41, 5.74) is 0. The van der Waals surface area contributed by atoms with Crippen molar-refractivity contribution in [2.75, 3.05) is 25.9 Å². The SMILES string of the molecule is CC(C)c1nnc(SCC(=O)O)n1CC1CCCN(C)C1. The summed E-state index contributed by atoms with van der Waals surface area (Å²) in [7, 11) is 2.15. The summed E-state index contributed by atoms with van der Waals surface area (Å²) >= 11 is 1.26. The molecular formula is C14H24N4O2S. The number of nitrogens with zero attached hydrogens (tertiary/aromatic N) is 4. The van der Waals surface area contributed by atoms with Gasteiger partial charge in [-0.25, -0.2) is 0 Å². The average molecular weight is 312 g/mol. The zero-order valence-electron chi connectivity index (χ0n) is 12.9. The molecule has 6 nitrogen and oxygen atoms in total. The first-order valence-electron chi connectivity index (χ1n) is 7.43. The second-order valence-corrected chi connectivity index (χ2v) is 7.00. The Bertz CT molecular complexity index is 489. The van der Waals surface area contributed by atoms with Crippen LogP contribution in [-0.2, 0) is 11.3 Å². The van der Waals surface area contributed by atoms with E-state index in [0.29, 0.717) is 5.92 Å². The predicted octanol–water partition coefficient (Wildman–Crippen LogP) is 1.92. The molecule has 1 aliphatic heterocycles. The highest BCUT2D eigenvalue weighted by molar-refractivity contribution is 7.99. The number of piperidine rings is 1. The van der Waals surface area contributed by atoms with Crippen LogP contribution in [0.1, 0.15) is 38.4 Å². The largest absolute Gasteiger partial charge is 0.481 e. The molecule has 1 aromatic heterocycles. The Morgan fingerprint density at radius 2 is 2.24 bits per heavy atom. The molecule has 1 aromatic rings. The third-order valence-electron chi connectivity index (χ3n) is 3.75. The summed E-state index contributed by atoms with van der Waals surface area (Å²) in [5, 5.41) is 18.0. The number of aliphatic carboxylic acids is 1. The van der Waals surface area contributed by atoms with E-state index in [4.69, 9.17) is 5.11 Å². The van der Waals surface area contributed by atoms with Gasteiger partial charge in [-0.2, -0.15) is 0 Å². The van der Waals surface area contributed by atoms with Crippen molar-refractivity contribution < 1.29 is 9.90 Å². The lowest BCUT2D eigenvalue weighted by atomic mass is 9.98. The zero-order chi connectivity index (χ0) is 15.4. The molecule has 2 rings (SSSR count). The van der Waals surface area contributed by atoms with E-state index in [-0.39, 0.29) is 11.7 Å². The van der Waals surface area contributed by atoms with Crippen LogP contribution in [0.25, 0.3) is 0 Å². The molecule has 0 saturated carbocycles. The van der Waals surface area contributed by atoms with E-state index < -0.39 is 5.97 Å². The number of carboxylic acid groups (broad SMARTS) is 1. The first-order valence-corrected chi connectivity index (χ1v) is 8.42. The van der Waals surface area contributed by atoms with Crippen molar-refractivity contribution in [3.63, 3.8) is 0 Å². The van der Waals surface area contributed by atoms with E-state index >= 15 is 0 Å². The molecule has 0 aromatic carbocycles. The third-order valence-corrected chi connectivity index (χ3v) is 4.70. The number of rotatable bonds is 6. The molecule has 1 atom stereocenters. The summed E-state index contributed by atoms with van der Waals surface area (Å²) < 4.78 is 2.13. The quantitative estimate of drug-likeness (QED) is 0.809. The fourth-order valence-electron chi connectivity index (χ4n) is 2.81. The van der Waals surface area contributed by atoms with Gasteiger partial charge in [0.15, 0.2) is 5.16 Å². The molecule has 0 radical (unpaired) electrons. The monoisotopic (exact) mass is 312 g/mol. The molecule has 2 heterocycles. The summed E-state index contributed by atoms with van der Waals surface area (Å²) in [6, 6.07) is 0. The van der Waals surface area contributed by atoms with Crippen LogP contribution in [0.5, 0.6) is 0 Å². The van der Waals surface area contributed by atoms with Crippen molar-refractivity contribution in [2.24, 2.45) is 5.92 Å². The van der Waals surface area contributed by atoms with Crippen molar-refractivity contribution in [3.8, 4) is 0 Å². The van der Waals surface area contributed by atoms with Crippen molar-refractivity contribution in [3.05, 3.63) is 5.82 Å². The second kappa shape index (κ2) is 7.26. The fraction of sp³-hybridized carbons (Fsp3) is 0.786. The Hall–Kier alpha value is -1.08. The molecule has 0 aliphatic carbocycles. The molecule has 21 heavy (non-hydrogen) atoms. The van der Waals surface area contributed by atoms with Crippen molar-refractivity contribution >= 4 is 17.7 Å². The van der Waals surface area contributed by atoms with Crippen molar-refractivity contribution in [1.29, 1.82) is 0 Å². The predicted molar refractivity (Wildman–Crippen MR) is 82.7 cm³/mol. The molecule has 7 heteroatoms. The van der Waals surface area contributed by atoms with Crippen LogP contribution in [0.4, 0.5) is 0 Å². The van der Waals surface area contributed by atoms with E-state index in [1.165, 1.54) is 24.6 Å². The van der Waals surface area contributed by atoms with Gasteiger partial charge in [-0.3, -0.25) is 4.79 Å². The van der Waals surface area contributed by atoms with E-state index in [9.17, 15) is 4.79 Å². The van der Waals surface area contributed by atoms with E-state index in [0.717, 1.165) is 30.6 Å². The summed E-state index contributed by atoms with van der Waals surface area (Å²) in [6.07, 6.45) is 2.43. The Balaban J connectivity index is 2.13. The maximum absolute atomic E-state index is 10.8. The molecular weight excluding hydrogens is 288 g/mol. The number of carbonyl (C=O) groups is 1. The maximum Gasteiger partial charge on any atom is 0.313 e. The maximum atomic E-state index is 10.8. The minimum Gasteiger partial charge on any atom is -0.481 e. The molecule has 1 fully saturated rings. The summed E-state index contributed by atoms with van der Waals surface area (Å²) in [6.45, 7) is 7.32. The highest BCUT2D eigenvalue weighted by atomic mass is 32.2. The van der Waals surface area contributed by atoms with Gasteiger partial charge in [-0.1, -0.05) is 25.6 Å². The topological polar surface area (TPSA) is 71.2 Å². The zero-order valence-corrected chi connectivity index (χ0v) is 13.8. The molecule has 118 valence electrons. The van der Waals surface area contributed by atoms with Crippen LogP contribution in [0.3, 0.4) is 0 Å². The Labute approximate surface area is 129 Å². The van der Waals surface area contributed by atoms with Gasteiger partial charge >= 0.3 is 5.97 Å². The standard InChI is InChI=1S/C14H24N4O2S/c1-10(2)13-15-16-14(21-9-12(19)20)18(13)8-11-5-4-6-17(3)7-11/h10-11H,4-9H2,1-3H3,(H,19,20). The smallest absolute Gasteiger partial charge is 0.313 e. The van der Waals surface area contributed by atoms with Gasteiger partial charge in [0, 0.05) is 19.0 Å². The van der Waals surface area contributed by atoms with Crippen LogP contribution in [0.2, 0.25) is 0 Å². The lowest BCUT2D eigenvalue weighted by molar-refractivity contribution is -0.133. The van der Waals surface area contributed by atoms with Crippen LogP contribution >= 0.6 is 11.8 Å². The minimum atomic E-state index is -0.821. The van der Waals surface area contributed by atoms with Gasteiger partial charge < -0.3 is 14.6 Å². The third kappa shape index (κ3) is 4.44. The minimum absolute atomic E-state index is 0.0286. The molecule has 1 N–H and O–H groups in total. The molecule has 1 unspecified atom stereocenters. The summed E-state index contributed by atoms with van der Waals surface area (Å²) in [5.74, 6) is 1.04. The van der Waals surface area contributed by atoms with Crippen LogP contribution in [0, 0.1) is 5.92 Å². The first kappa shape index (κ1) is 16.3. The normalized spacial score (nSPS) is 20.1. The van der Waals surface area contributed by atoms with Gasteiger partial charge in [-0.05, 0) is 32.4 Å². The lowest BCUT2D eigenvalue weighted by Gasteiger charge is -2.30. The Morgan fingerprint density at radius 3 is 2.86 bits per heavy atom. The Morgan fingerprint density at radius 1 is 1.48 bits per heavy atom. The van der Waals surface area contributed by atoms with Gasteiger partial charge in [-0.15, -0.1) is 10.2 Å². The van der Waals surface area contributed by atoms with E-state index in [2.05, 4.69) is 40.6 Å². The van der Waals surface area contributed by atoms with Gasteiger partial charge in [0.1, 0.15) is 5.82 Å². The summed E-state index contributed by atoms with van der Waals surface area (Å²) in [4.78, 5) is 13.1. The number of carboxylic acids is 1. The molecule has 0 spiro atoms. The highest BCUT2D eigenvalue weighted by Crippen LogP contribution is 2.25. The highest BCUT2D eigenvalue weighted by Gasteiger charge is 2.22. The molecule has 0 bridgehead atoms. The van der Waals surface area contributed by atoms with Crippen LogP contribution in [-0.4, -0.2) is 56.6 Å². The number of aromatic nitrogens is 3. The fourth-order valence-corrected chi connectivity index (χ4v) is 3.49. The second-order valence-electron chi connectivity index (χ2n) is 6.06. The van der Waals surface area contributed by atoms with Crippen molar-refractivity contribution in [2.45, 2.75) is 44.3 Å². The van der Waals surface area contributed by atoms with Gasteiger partial charge in [0.2, 0.25) is 0 Å². The number of hydrogen-bond acceptors (Lipinski definition) is 5. The number of thioether (sulfide) groups is 1. The average Bonchev–Trinajstić information content (AvgIpc) is 2.79. The first-order chi connectivity index (χ1) is 9.97. The Kier molecular flexibility index (Phi) is 5.64. The van der Waals surface area contributed by atoms with E-state index in [1.807, 2.05) is 0 Å². The molecule has 0 amide bonds. The number of hydrogen-bond donors (Lipinski definition) is 1. The van der Waals surface area contributed by atoms with Crippen molar-refractivity contribution in [1.82, 2.24) is 19.7 Å². The van der Waals surface area contributed by atoms with Gasteiger partial charge in [0.25, 0.3) is 0 Å². The van der Waals surface area contributed by atoms with Crippen LogP contribution in [0.15, 0.2) is 5.16 Å². The molecule has 1 aliphatic rings. The number of likely N-dealkylation sites (tertiary alicyclic amines) is 1. The van der Waals surface area contributed by atoms with E-state index in [1.54, 1.807) is 0 Å². The lowest BCUT2D eigenvalue weighted by Crippen LogP contribution is -2.34. The molecule has 1 saturated heterocycles.